The first-order valence-corrected chi connectivity index (χ1v) is 8.27. The normalized spacial score (nSPS) is 10.5. The van der Waals surface area contributed by atoms with Crippen LogP contribution in [0.3, 0.4) is 0 Å². The Balaban J connectivity index is 1.99. The number of hydrogen-bond donors (Lipinski definition) is 2. The van der Waals surface area contributed by atoms with E-state index < -0.39 is 6.03 Å². The summed E-state index contributed by atoms with van der Waals surface area (Å²) in [6, 6.07) is 9.84. The number of para-hydroxylation sites is 2. The van der Waals surface area contributed by atoms with Gasteiger partial charge in [-0.2, -0.15) is 5.10 Å². The van der Waals surface area contributed by atoms with Gasteiger partial charge >= 0.3 is 6.03 Å². The van der Waals surface area contributed by atoms with E-state index in [1.165, 1.54) is 13.3 Å². The fourth-order valence-corrected chi connectivity index (χ4v) is 2.43. The first kappa shape index (κ1) is 20.2. The summed E-state index contributed by atoms with van der Waals surface area (Å²) in [6.45, 7) is 0.524. The SMILES string of the molecule is COc1ccccc1OCCOc1c(Cl)cc(/C=N/NC(N)=O)cc1OC. The fourth-order valence-electron chi connectivity index (χ4n) is 2.16. The van der Waals surface area contributed by atoms with Crippen molar-refractivity contribution in [3.05, 3.63) is 47.0 Å². The second-order valence-electron chi connectivity index (χ2n) is 5.12. The van der Waals surface area contributed by atoms with Gasteiger partial charge in [-0.05, 0) is 29.8 Å². The number of hydrazone groups is 1. The average molecular weight is 394 g/mol. The molecule has 8 nitrogen and oxygen atoms in total. The molecule has 0 aliphatic heterocycles. The van der Waals surface area contributed by atoms with Gasteiger partial charge in [0.05, 0.1) is 25.5 Å². The van der Waals surface area contributed by atoms with Crippen molar-refractivity contribution in [3.8, 4) is 23.0 Å². The van der Waals surface area contributed by atoms with Crippen LogP contribution in [0.4, 0.5) is 4.79 Å². The largest absolute Gasteiger partial charge is 0.493 e. The van der Waals surface area contributed by atoms with Crippen LogP contribution in [0, 0.1) is 0 Å². The highest BCUT2D eigenvalue weighted by Crippen LogP contribution is 2.36. The molecule has 0 atom stereocenters. The number of carbonyl (C=O) groups is 1. The van der Waals surface area contributed by atoms with E-state index >= 15 is 0 Å². The third-order valence-corrected chi connectivity index (χ3v) is 3.58. The number of rotatable bonds is 9. The lowest BCUT2D eigenvalue weighted by Crippen LogP contribution is -2.24. The van der Waals surface area contributed by atoms with Crippen LogP contribution in [0.5, 0.6) is 23.0 Å². The lowest BCUT2D eigenvalue weighted by atomic mass is 10.2. The van der Waals surface area contributed by atoms with E-state index in [-0.39, 0.29) is 13.2 Å². The summed E-state index contributed by atoms with van der Waals surface area (Å²) in [4.78, 5) is 10.6. The van der Waals surface area contributed by atoms with E-state index in [0.29, 0.717) is 33.6 Å². The molecule has 0 unspecified atom stereocenters. The van der Waals surface area contributed by atoms with E-state index in [0.717, 1.165) is 0 Å². The van der Waals surface area contributed by atoms with Crippen molar-refractivity contribution < 1.29 is 23.7 Å². The minimum Gasteiger partial charge on any atom is -0.493 e. The average Bonchev–Trinajstić information content (AvgIpc) is 2.66. The van der Waals surface area contributed by atoms with Crippen molar-refractivity contribution in [2.24, 2.45) is 10.8 Å². The zero-order valence-corrected chi connectivity index (χ0v) is 15.7. The zero-order valence-electron chi connectivity index (χ0n) is 14.9. The molecule has 0 saturated heterocycles. The van der Waals surface area contributed by atoms with Gasteiger partial charge in [-0.25, -0.2) is 10.2 Å². The fraction of sp³-hybridized carbons (Fsp3) is 0.222. The molecular formula is C18H20ClN3O5. The number of nitrogens with two attached hydrogens (primary N) is 1. The molecule has 0 heterocycles. The number of hydrogen-bond acceptors (Lipinski definition) is 6. The summed E-state index contributed by atoms with van der Waals surface area (Å²) in [5, 5.41) is 4.00. The third kappa shape index (κ3) is 5.96. The van der Waals surface area contributed by atoms with Crippen LogP contribution >= 0.6 is 11.6 Å². The molecule has 2 aromatic carbocycles. The molecule has 0 bridgehead atoms. The molecule has 0 radical (unpaired) electrons. The van der Waals surface area contributed by atoms with Crippen molar-refractivity contribution in [2.75, 3.05) is 27.4 Å². The second-order valence-corrected chi connectivity index (χ2v) is 5.52. The highest BCUT2D eigenvalue weighted by Gasteiger charge is 2.12. The van der Waals surface area contributed by atoms with E-state index in [2.05, 4.69) is 10.5 Å². The summed E-state index contributed by atoms with van der Waals surface area (Å²) in [5.74, 6) is 2.06. The number of carbonyl (C=O) groups excluding carboxylic acids is 1. The summed E-state index contributed by atoms with van der Waals surface area (Å²) >= 11 is 6.26. The number of benzene rings is 2. The van der Waals surface area contributed by atoms with Crippen LogP contribution in [-0.4, -0.2) is 39.7 Å². The Bertz CT molecular complexity index is 814. The van der Waals surface area contributed by atoms with Crippen LogP contribution < -0.4 is 30.1 Å². The van der Waals surface area contributed by atoms with Gasteiger partial charge in [0.25, 0.3) is 0 Å². The van der Waals surface area contributed by atoms with Gasteiger partial charge in [0.15, 0.2) is 23.0 Å². The third-order valence-electron chi connectivity index (χ3n) is 3.30. The molecule has 0 saturated carbocycles. The summed E-state index contributed by atoms with van der Waals surface area (Å²) in [6.07, 6.45) is 1.38. The van der Waals surface area contributed by atoms with E-state index in [4.69, 9.17) is 36.3 Å². The predicted molar refractivity (Wildman–Crippen MR) is 102 cm³/mol. The molecule has 0 spiro atoms. The van der Waals surface area contributed by atoms with Crippen LogP contribution in [0.1, 0.15) is 5.56 Å². The van der Waals surface area contributed by atoms with Crippen molar-refractivity contribution in [3.63, 3.8) is 0 Å². The van der Waals surface area contributed by atoms with E-state index in [9.17, 15) is 4.79 Å². The molecule has 0 fully saturated rings. The smallest absolute Gasteiger partial charge is 0.332 e. The Hall–Kier alpha value is -3.13. The second kappa shape index (κ2) is 10.1. The summed E-state index contributed by atoms with van der Waals surface area (Å²) in [5.41, 5.74) is 7.64. The molecule has 0 aromatic heterocycles. The Kier molecular flexibility index (Phi) is 7.57. The van der Waals surface area contributed by atoms with Crippen LogP contribution in [0.25, 0.3) is 0 Å². The molecule has 144 valence electrons. The Morgan fingerprint density at radius 2 is 1.78 bits per heavy atom. The van der Waals surface area contributed by atoms with Gasteiger partial charge in [0.2, 0.25) is 0 Å². The van der Waals surface area contributed by atoms with Crippen molar-refractivity contribution in [1.29, 1.82) is 0 Å². The predicted octanol–water partition coefficient (Wildman–Crippen LogP) is 2.82. The van der Waals surface area contributed by atoms with Crippen molar-refractivity contribution in [1.82, 2.24) is 5.43 Å². The Morgan fingerprint density at radius 3 is 2.44 bits per heavy atom. The number of amides is 2. The molecule has 2 rings (SSSR count). The van der Waals surface area contributed by atoms with Gasteiger partial charge in [-0.3, -0.25) is 0 Å². The van der Waals surface area contributed by atoms with E-state index in [1.807, 2.05) is 18.2 Å². The van der Waals surface area contributed by atoms with Gasteiger partial charge in [-0.1, -0.05) is 23.7 Å². The maximum Gasteiger partial charge on any atom is 0.332 e. The lowest BCUT2D eigenvalue weighted by molar-refractivity contribution is 0.206. The summed E-state index contributed by atoms with van der Waals surface area (Å²) in [7, 11) is 3.07. The lowest BCUT2D eigenvalue weighted by Gasteiger charge is -2.14. The molecule has 0 aliphatic rings. The molecule has 3 N–H and O–H groups in total. The molecule has 9 heteroatoms. The van der Waals surface area contributed by atoms with Gasteiger partial charge in [-0.15, -0.1) is 0 Å². The van der Waals surface area contributed by atoms with Crippen LogP contribution in [0.2, 0.25) is 5.02 Å². The molecule has 0 aliphatic carbocycles. The van der Waals surface area contributed by atoms with Crippen LogP contribution in [-0.2, 0) is 0 Å². The minimum absolute atomic E-state index is 0.241. The number of primary amides is 1. The highest BCUT2D eigenvalue weighted by atomic mass is 35.5. The van der Waals surface area contributed by atoms with Gasteiger partial charge in [0, 0.05) is 0 Å². The minimum atomic E-state index is -0.765. The van der Waals surface area contributed by atoms with Crippen molar-refractivity contribution in [2.45, 2.75) is 0 Å². The monoisotopic (exact) mass is 393 g/mol. The standard InChI is InChI=1S/C18H20ClN3O5/c1-24-14-5-3-4-6-15(14)26-7-8-27-17-13(19)9-12(10-16(17)25-2)11-21-22-18(20)23/h3-6,9-11H,7-8H2,1-2H3,(H3,20,22,23)/b21-11+. The quantitative estimate of drug-likeness (QED) is 0.387. The first-order chi connectivity index (χ1) is 13.0. The van der Waals surface area contributed by atoms with E-state index in [1.54, 1.807) is 25.3 Å². The zero-order chi connectivity index (χ0) is 19.6. The number of nitrogens with zero attached hydrogens (tertiary/aromatic N) is 1. The number of ether oxygens (including phenoxy) is 4. The number of halogens is 1. The first-order valence-electron chi connectivity index (χ1n) is 7.89. The highest BCUT2D eigenvalue weighted by molar-refractivity contribution is 6.32. The maximum absolute atomic E-state index is 10.6. The molecule has 2 amide bonds. The maximum atomic E-state index is 10.6. The topological polar surface area (TPSA) is 104 Å². The number of urea groups is 1. The van der Waals surface area contributed by atoms with Gasteiger partial charge in [0.1, 0.15) is 13.2 Å². The Morgan fingerprint density at radius 1 is 1.11 bits per heavy atom. The van der Waals surface area contributed by atoms with Gasteiger partial charge < -0.3 is 24.7 Å². The number of methoxy groups -OCH3 is 2. The molecular weight excluding hydrogens is 374 g/mol. The molecule has 2 aromatic rings. The molecule has 27 heavy (non-hydrogen) atoms. The number of nitrogens with one attached hydrogen (secondary N) is 1. The Labute approximate surface area is 161 Å². The van der Waals surface area contributed by atoms with Crippen molar-refractivity contribution >= 4 is 23.8 Å². The summed E-state index contributed by atoms with van der Waals surface area (Å²) < 4.78 is 21.9. The van der Waals surface area contributed by atoms with Crippen LogP contribution in [0.15, 0.2) is 41.5 Å².